The second-order valence-electron chi connectivity index (χ2n) is 10.1. The molecule has 0 bridgehead atoms. The Morgan fingerprint density at radius 3 is 2.49 bits per heavy atom. The summed E-state index contributed by atoms with van der Waals surface area (Å²) in [5.41, 5.74) is 5.05. The highest BCUT2D eigenvalue weighted by Crippen LogP contribution is 2.30. The molecule has 0 aliphatic heterocycles. The lowest BCUT2D eigenvalue weighted by atomic mass is 10.0. The van der Waals surface area contributed by atoms with Gasteiger partial charge in [-0.1, -0.05) is 55.5 Å². The number of rotatable bonds is 11. The van der Waals surface area contributed by atoms with Crippen LogP contribution in [0.2, 0.25) is 0 Å². The summed E-state index contributed by atoms with van der Waals surface area (Å²) in [4.78, 5) is 18.7. The molecule has 6 aromatic rings. The van der Waals surface area contributed by atoms with Gasteiger partial charge in [-0.15, -0.1) is 5.10 Å². The van der Waals surface area contributed by atoms with Gasteiger partial charge in [0.1, 0.15) is 23.8 Å². The molecule has 0 amide bonds. The third kappa shape index (κ3) is 5.98. The molecule has 0 saturated carbocycles. The van der Waals surface area contributed by atoms with Crippen LogP contribution in [0.25, 0.3) is 39.4 Å². The molecule has 0 aliphatic rings. The van der Waals surface area contributed by atoms with Crippen LogP contribution in [0.5, 0.6) is 11.5 Å². The molecule has 6 rings (SSSR count). The zero-order chi connectivity index (χ0) is 29.8. The normalized spacial score (nSPS) is 11.7. The predicted octanol–water partition coefficient (Wildman–Crippen LogP) is 6.27. The van der Waals surface area contributed by atoms with E-state index in [1.54, 1.807) is 6.08 Å². The van der Waals surface area contributed by atoms with Crippen LogP contribution >= 0.6 is 11.3 Å². The maximum Gasteiger partial charge on any atom is 0.291 e. The van der Waals surface area contributed by atoms with Gasteiger partial charge in [-0.3, -0.25) is 4.79 Å². The number of aryl methyl sites for hydroxylation is 1. The standard InChI is InChI=1S/C34H31N5O3S/c1-4-6-19-42-27-14-12-24(13-15-27)32-35-34-39(37-32)33(40)30(43-34)21-25-22-38(26-10-8-7-9-11-26)36-31(25)29-17-16-28(20-23(29)3)41-18-5-2/h5,7-17,20-22H,2,4,6,18-19H2,1,3H3. The van der Waals surface area contributed by atoms with E-state index >= 15 is 0 Å². The first-order valence-corrected chi connectivity index (χ1v) is 15.0. The van der Waals surface area contributed by atoms with Gasteiger partial charge in [0.2, 0.25) is 4.96 Å². The maximum absolute atomic E-state index is 13.5. The molecule has 0 atom stereocenters. The van der Waals surface area contributed by atoms with Crippen molar-refractivity contribution in [3.8, 4) is 39.8 Å². The van der Waals surface area contributed by atoms with Gasteiger partial charge >= 0.3 is 0 Å². The van der Waals surface area contributed by atoms with Gasteiger partial charge in [-0.2, -0.15) is 14.6 Å². The first kappa shape index (κ1) is 28.1. The van der Waals surface area contributed by atoms with E-state index in [1.807, 2.05) is 96.7 Å². The summed E-state index contributed by atoms with van der Waals surface area (Å²) < 4.78 is 15.2. The molecular formula is C34H31N5O3S. The minimum absolute atomic E-state index is 0.221. The Morgan fingerprint density at radius 1 is 0.977 bits per heavy atom. The third-order valence-corrected chi connectivity index (χ3v) is 7.89. The average molecular weight is 590 g/mol. The van der Waals surface area contributed by atoms with Crippen molar-refractivity contribution in [1.82, 2.24) is 24.4 Å². The van der Waals surface area contributed by atoms with Crippen LogP contribution in [0.1, 0.15) is 30.9 Å². The Morgan fingerprint density at radius 2 is 1.77 bits per heavy atom. The SMILES string of the molecule is C=CCOc1ccc(-c2nn(-c3ccccc3)cc2C=c2sc3nc(-c4ccc(OCCCC)cc4)nn3c2=O)c(C)c1. The summed E-state index contributed by atoms with van der Waals surface area (Å²) in [7, 11) is 0. The Kier molecular flexibility index (Phi) is 8.15. The van der Waals surface area contributed by atoms with Crippen molar-refractivity contribution in [2.45, 2.75) is 26.7 Å². The van der Waals surface area contributed by atoms with Crippen molar-refractivity contribution < 1.29 is 9.47 Å². The fourth-order valence-corrected chi connectivity index (χ4v) is 5.59. The quantitative estimate of drug-likeness (QED) is 0.131. The Balaban J connectivity index is 1.37. The molecule has 43 heavy (non-hydrogen) atoms. The summed E-state index contributed by atoms with van der Waals surface area (Å²) in [5.74, 6) is 2.07. The topological polar surface area (TPSA) is 83.5 Å². The fourth-order valence-electron chi connectivity index (χ4n) is 4.69. The highest BCUT2D eigenvalue weighted by atomic mass is 32.1. The molecule has 3 aromatic heterocycles. The minimum atomic E-state index is -0.221. The highest BCUT2D eigenvalue weighted by molar-refractivity contribution is 7.15. The molecule has 216 valence electrons. The summed E-state index contributed by atoms with van der Waals surface area (Å²) >= 11 is 1.31. The van der Waals surface area contributed by atoms with E-state index in [9.17, 15) is 4.79 Å². The van der Waals surface area contributed by atoms with E-state index < -0.39 is 0 Å². The molecule has 3 aromatic carbocycles. The molecule has 3 heterocycles. The zero-order valence-corrected chi connectivity index (χ0v) is 24.9. The van der Waals surface area contributed by atoms with Crippen LogP contribution in [0.4, 0.5) is 0 Å². The number of nitrogens with zero attached hydrogens (tertiary/aromatic N) is 5. The van der Waals surface area contributed by atoms with Crippen molar-refractivity contribution in [1.29, 1.82) is 0 Å². The highest BCUT2D eigenvalue weighted by Gasteiger charge is 2.16. The van der Waals surface area contributed by atoms with Crippen molar-refractivity contribution in [3.63, 3.8) is 0 Å². The van der Waals surface area contributed by atoms with E-state index in [4.69, 9.17) is 14.6 Å². The summed E-state index contributed by atoms with van der Waals surface area (Å²) in [5, 5.41) is 9.47. The van der Waals surface area contributed by atoms with Crippen LogP contribution in [-0.2, 0) is 0 Å². The van der Waals surface area contributed by atoms with Crippen LogP contribution in [-0.4, -0.2) is 37.6 Å². The van der Waals surface area contributed by atoms with E-state index in [2.05, 4.69) is 23.6 Å². The molecule has 0 N–H and O–H groups in total. The van der Waals surface area contributed by atoms with E-state index in [1.165, 1.54) is 15.9 Å². The van der Waals surface area contributed by atoms with Crippen LogP contribution in [0.15, 0.2) is 96.4 Å². The number of unbranched alkanes of at least 4 members (excludes halogenated alkanes) is 1. The number of ether oxygens (including phenoxy) is 2. The zero-order valence-electron chi connectivity index (χ0n) is 24.1. The van der Waals surface area contributed by atoms with Crippen molar-refractivity contribution >= 4 is 22.4 Å². The van der Waals surface area contributed by atoms with Gasteiger partial charge in [0.15, 0.2) is 5.82 Å². The second-order valence-corrected chi connectivity index (χ2v) is 11.1. The van der Waals surface area contributed by atoms with Gasteiger partial charge in [-0.05, 0) is 79.6 Å². The first-order chi connectivity index (χ1) is 21.0. The van der Waals surface area contributed by atoms with Crippen LogP contribution < -0.4 is 19.6 Å². The molecule has 9 heteroatoms. The van der Waals surface area contributed by atoms with E-state index in [0.29, 0.717) is 28.5 Å². The largest absolute Gasteiger partial charge is 0.494 e. The van der Waals surface area contributed by atoms with Crippen LogP contribution in [0, 0.1) is 6.92 Å². The average Bonchev–Trinajstić information content (AvgIpc) is 3.72. The van der Waals surface area contributed by atoms with Crippen molar-refractivity contribution in [2.75, 3.05) is 13.2 Å². The monoisotopic (exact) mass is 589 g/mol. The van der Waals surface area contributed by atoms with Gasteiger partial charge in [0.25, 0.3) is 5.56 Å². The Hall–Kier alpha value is -5.02. The lowest BCUT2D eigenvalue weighted by molar-refractivity contribution is 0.309. The van der Waals surface area contributed by atoms with Crippen molar-refractivity contribution in [3.05, 3.63) is 118 Å². The summed E-state index contributed by atoms with van der Waals surface area (Å²) in [6.45, 7) is 8.99. The molecule has 0 fully saturated rings. The maximum atomic E-state index is 13.5. The van der Waals surface area contributed by atoms with Gasteiger partial charge in [-0.25, -0.2) is 4.68 Å². The third-order valence-electron chi connectivity index (χ3n) is 6.93. The predicted molar refractivity (Wildman–Crippen MR) is 171 cm³/mol. The van der Waals surface area contributed by atoms with E-state index in [-0.39, 0.29) is 5.56 Å². The summed E-state index contributed by atoms with van der Waals surface area (Å²) in [6, 6.07) is 23.4. The molecule has 0 spiro atoms. The lowest BCUT2D eigenvalue weighted by Crippen LogP contribution is -2.23. The minimum Gasteiger partial charge on any atom is -0.494 e. The Bertz CT molecular complexity index is 1990. The first-order valence-electron chi connectivity index (χ1n) is 14.2. The number of hydrogen-bond donors (Lipinski definition) is 0. The van der Waals surface area contributed by atoms with E-state index in [0.717, 1.165) is 58.0 Å². The number of hydrogen-bond acceptors (Lipinski definition) is 7. The van der Waals surface area contributed by atoms with Gasteiger partial charge < -0.3 is 9.47 Å². The van der Waals surface area contributed by atoms with Crippen LogP contribution in [0.3, 0.4) is 0 Å². The number of benzene rings is 3. The lowest BCUT2D eigenvalue weighted by Gasteiger charge is -2.08. The summed E-state index contributed by atoms with van der Waals surface area (Å²) in [6.07, 6.45) is 7.62. The molecule has 0 aliphatic carbocycles. The molecule has 0 saturated heterocycles. The fraction of sp³-hybridized carbons (Fsp3) is 0.176. The van der Waals surface area contributed by atoms with Gasteiger partial charge in [0.05, 0.1) is 16.8 Å². The number of fused-ring (bicyclic) bond motifs is 1. The molecule has 0 unspecified atom stereocenters. The smallest absolute Gasteiger partial charge is 0.291 e. The molecule has 0 radical (unpaired) electrons. The second kappa shape index (κ2) is 12.5. The molecular weight excluding hydrogens is 558 g/mol. The van der Waals surface area contributed by atoms with Crippen molar-refractivity contribution in [2.24, 2.45) is 0 Å². The Labute approximate surface area is 253 Å². The number of para-hydroxylation sites is 1. The number of aromatic nitrogens is 5. The number of thiazole rings is 1. The molecule has 8 nitrogen and oxygen atoms in total. The van der Waals surface area contributed by atoms with Gasteiger partial charge in [0, 0.05) is 22.9 Å².